The molecule has 0 aliphatic carbocycles. The highest BCUT2D eigenvalue weighted by Gasteiger charge is 2.29. The lowest BCUT2D eigenvalue weighted by molar-refractivity contribution is 0.272. The van der Waals surface area contributed by atoms with Gasteiger partial charge in [0.1, 0.15) is 0 Å². The summed E-state index contributed by atoms with van der Waals surface area (Å²) >= 11 is 0. The molecule has 0 spiro atoms. The highest BCUT2D eigenvalue weighted by Crippen LogP contribution is 2.22. The first-order chi connectivity index (χ1) is 5.89. The second-order valence-corrected chi connectivity index (χ2v) is 6.71. The predicted molar refractivity (Wildman–Crippen MR) is 58.3 cm³/mol. The van der Waals surface area contributed by atoms with Crippen LogP contribution in [0.5, 0.6) is 0 Å². The van der Waals surface area contributed by atoms with Crippen molar-refractivity contribution in [2.45, 2.75) is 46.2 Å². The lowest BCUT2D eigenvalue weighted by Gasteiger charge is -2.31. The molecule has 78 valence electrons. The van der Waals surface area contributed by atoms with E-state index in [9.17, 15) is 4.21 Å². The van der Waals surface area contributed by atoms with Crippen molar-refractivity contribution in [1.82, 2.24) is 5.32 Å². The maximum absolute atomic E-state index is 11.6. The first-order valence-electron chi connectivity index (χ1n) is 5.00. The van der Waals surface area contributed by atoms with Crippen molar-refractivity contribution in [2.75, 3.05) is 11.5 Å². The van der Waals surface area contributed by atoms with Gasteiger partial charge < -0.3 is 5.32 Å². The zero-order valence-corrected chi connectivity index (χ0v) is 9.91. The summed E-state index contributed by atoms with van der Waals surface area (Å²) in [5.74, 6) is 1.68. The van der Waals surface area contributed by atoms with Crippen molar-refractivity contribution >= 4 is 10.8 Å². The summed E-state index contributed by atoms with van der Waals surface area (Å²) in [5, 5.41) is 3.56. The Kier molecular flexibility index (Phi) is 3.52. The quantitative estimate of drug-likeness (QED) is 0.647. The highest BCUT2D eigenvalue weighted by molar-refractivity contribution is 7.85. The Hall–Kier alpha value is 0.110. The second kappa shape index (κ2) is 4.09. The zero-order valence-electron chi connectivity index (χ0n) is 9.09. The average Bonchev–Trinajstić information content (AvgIpc) is 2.12. The van der Waals surface area contributed by atoms with Gasteiger partial charge in [-0.05, 0) is 18.8 Å². The summed E-state index contributed by atoms with van der Waals surface area (Å²) in [6.45, 7) is 8.81. The summed E-state index contributed by atoms with van der Waals surface area (Å²) in [5.41, 5.74) is 0.217. The van der Waals surface area contributed by atoms with E-state index in [0.29, 0.717) is 12.1 Å². The van der Waals surface area contributed by atoms with Gasteiger partial charge in [-0.2, -0.15) is 0 Å². The summed E-state index contributed by atoms with van der Waals surface area (Å²) in [6, 6.07) is 0.904. The molecule has 0 aromatic rings. The van der Waals surface area contributed by atoms with Gasteiger partial charge in [0.05, 0.1) is 0 Å². The molecule has 0 aromatic heterocycles. The van der Waals surface area contributed by atoms with Crippen molar-refractivity contribution < 1.29 is 4.21 Å². The van der Waals surface area contributed by atoms with Crippen LogP contribution in [-0.4, -0.2) is 27.8 Å². The van der Waals surface area contributed by atoms with E-state index >= 15 is 0 Å². The smallest absolute Gasteiger partial charge is 0.0394 e. The van der Waals surface area contributed by atoms with Gasteiger partial charge in [-0.1, -0.05) is 20.8 Å². The van der Waals surface area contributed by atoms with Crippen LogP contribution < -0.4 is 5.32 Å². The third kappa shape index (κ3) is 3.39. The third-order valence-corrected chi connectivity index (χ3v) is 4.06. The van der Waals surface area contributed by atoms with Crippen molar-refractivity contribution in [3.8, 4) is 0 Å². The Balaban J connectivity index is 2.67. The van der Waals surface area contributed by atoms with E-state index in [1.807, 2.05) is 0 Å². The minimum atomic E-state index is -0.617. The summed E-state index contributed by atoms with van der Waals surface area (Å²) in [6.07, 6.45) is 1.04. The van der Waals surface area contributed by atoms with Crippen molar-refractivity contribution in [3.63, 3.8) is 0 Å². The average molecular weight is 203 g/mol. The van der Waals surface area contributed by atoms with Crippen LogP contribution in [0.1, 0.15) is 34.1 Å². The van der Waals surface area contributed by atoms with E-state index in [-0.39, 0.29) is 5.41 Å². The molecule has 0 amide bonds. The van der Waals surface area contributed by atoms with Gasteiger partial charge in [0.2, 0.25) is 0 Å². The van der Waals surface area contributed by atoms with Gasteiger partial charge >= 0.3 is 0 Å². The third-order valence-electron chi connectivity index (χ3n) is 2.66. The molecule has 0 bridgehead atoms. The molecular formula is C10H21NOS. The summed E-state index contributed by atoms with van der Waals surface area (Å²) in [7, 11) is -0.617. The van der Waals surface area contributed by atoms with Gasteiger partial charge in [-0.3, -0.25) is 4.21 Å². The Morgan fingerprint density at radius 3 is 2.54 bits per heavy atom. The fraction of sp³-hybridized carbons (Fsp3) is 1.00. The Labute approximate surface area is 83.9 Å². The number of nitrogens with one attached hydrogen (secondary N) is 1. The van der Waals surface area contributed by atoms with E-state index in [0.717, 1.165) is 17.9 Å². The van der Waals surface area contributed by atoms with E-state index in [4.69, 9.17) is 0 Å². The Morgan fingerprint density at radius 2 is 2.00 bits per heavy atom. The molecule has 0 saturated carbocycles. The molecular weight excluding hydrogens is 182 g/mol. The first kappa shape index (κ1) is 11.2. The van der Waals surface area contributed by atoms with Crippen LogP contribution >= 0.6 is 0 Å². The van der Waals surface area contributed by atoms with E-state index in [1.54, 1.807) is 0 Å². The van der Waals surface area contributed by atoms with Crippen LogP contribution in [0, 0.1) is 5.41 Å². The summed E-state index contributed by atoms with van der Waals surface area (Å²) in [4.78, 5) is 0. The van der Waals surface area contributed by atoms with Gasteiger partial charge in [0, 0.05) is 34.4 Å². The lowest BCUT2D eigenvalue weighted by Crippen LogP contribution is -2.46. The van der Waals surface area contributed by atoms with Crippen LogP contribution in [0.4, 0.5) is 0 Å². The van der Waals surface area contributed by atoms with Crippen molar-refractivity contribution in [1.29, 1.82) is 0 Å². The molecule has 13 heavy (non-hydrogen) atoms. The number of hydrogen-bond donors (Lipinski definition) is 1. The molecule has 3 unspecified atom stereocenters. The molecule has 1 saturated heterocycles. The molecule has 1 N–H and O–H groups in total. The Morgan fingerprint density at radius 1 is 1.38 bits per heavy atom. The minimum Gasteiger partial charge on any atom is -0.310 e. The van der Waals surface area contributed by atoms with Gasteiger partial charge in [-0.15, -0.1) is 0 Å². The lowest BCUT2D eigenvalue weighted by atomic mass is 9.87. The molecule has 1 aliphatic rings. The van der Waals surface area contributed by atoms with Crippen LogP contribution in [0.2, 0.25) is 0 Å². The standard InChI is InChI=1S/C10H21NOS/c1-8-5-6-13(12)7-9(11-8)10(2,3)4/h8-9,11H,5-7H2,1-4H3. The topological polar surface area (TPSA) is 29.1 Å². The number of hydrogen-bond acceptors (Lipinski definition) is 2. The van der Waals surface area contributed by atoms with E-state index < -0.39 is 10.8 Å². The van der Waals surface area contributed by atoms with Crippen LogP contribution in [0.15, 0.2) is 0 Å². The molecule has 3 heteroatoms. The normalized spacial score (nSPS) is 37.1. The van der Waals surface area contributed by atoms with Crippen molar-refractivity contribution in [3.05, 3.63) is 0 Å². The zero-order chi connectivity index (χ0) is 10.1. The molecule has 1 aliphatic heterocycles. The first-order valence-corrected chi connectivity index (χ1v) is 6.49. The van der Waals surface area contributed by atoms with E-state index in [1.165, 1.54) is 0 Å². The fourth-order valence-electron chi connectivity index (χ4n) is 1.55. The van der Waals surface area contributed by atoms with Gasteiger partial charge in [0.15, 0.2) is 0 Å². The predicted octanol–water partition coefficient (Wildman–Crippen LogP) is 1.53. The molecule has 1 heterocycles. The van der Waals surface area contributed by atoms with Crippen molar-refractivity contribution in [2.24, 2.45) is 5.41 Å². The fourth-order valence-corrected chi connectivity index (χ4v) is 3.30. The maximum atomic E-state index is 11.6. The van der Waals surface area contributed by atoms with Crippen LogP contribution in [-0.2, 0) is 10.8 Å². The maximum Gasteiger partial charge on any atom is 0.0394 e. The number of rotatable bonds is 0. The largest absolute Gasteiger partial charge is 0.310 e. The molecule has 1 fully saturated rings. The molecule has 0 aromatic carbocycles. The monoisotopic (exact) mass is 203 g/mol. The molecule has 3 atom stereocenters. The summed E-state index contributed by atoms with van der Waals surface area (Å²) < 4.78 is 11.6. The SMILES string of the molecule is CC1CCS(=O)CC(C(C)(C)C)N1. The molecule has 0 radical (unpaired) electrons. The Bertz CT molecular complexity index is 198. The highest BCUT2D eigenvalue weighted by atomic mass is 32.2. The van der Waals surface area contributed by atoms with Gasteiger partial charge in [-0.25, -0.2) is 0 Å². The minimum absolute atomic E-state index is 0.217. The molecule has 1 rings (SSSR count). The molecule has 2 nitrogen and oxygen atoms in total. The van der Waals surface area contributed by atoms with Crippen LogP contribution in [0.3, 0.4) is 0 Å². The van der Waals surface area contributed by atoms with Crippen LogP contribution in [0.25, 0.3) is 0 Å². The van der Waals surface area contributed by atoms with Gasteiger partial charge in [0.25, 0.3) is 0 Å². The second-order valence-electron chi connectivity index (χ2n) is 5.09. The van der Waals surface area contributed by atoms with E-state index in [2.05, 4.69) is 33.0 Å².